The van der Waals surface area contributed by atoms with Crippen LogP contribution in [0.15, 0.2) is 71.8 Å². The van der Waals surface area contributed by atoms with Crippen LogP contribution in [0.25, 0.3) is 10.8 Å². The first-order chi connectivity index (χ1) is 23.0. The van der Waals surface area contributed by atoms with Gasteiger partial charge in [-0.2, -0.15) is 13.2 Å². The van der Waals surface area contributed by atoms with Crippen molar-refractivity contribution in [1.82, 2.24) is 10.3 Å². The van der Waals surface area contributed by atoms with E-state index in [-0.39, 0.29) is 34.3 Å². The first kappa shape index (κ1) is 38.0. The highest BCUT2D eigenvalue weighted by atomic mass is 32.2. The third kappa shape index (κ3) is 10.3. The second-order valence-electron chi connectivity index (χ2n) is 10.3. The number of carboxylic acid groups (broad SMARTS) is 1. The highest BCUT2D eigenvalue weighted by molar-refractivity contribution is 7.91. The molecule has 49 heavy (non-hydrogen) atoms. The molecule has 4 rings (SSSR count). The number of nitrogen functional groups attached to an aromatic ring is 1. The van der Waals surface area contributed by atoms with Crippen LogP contribution in [0.5, 0.6) is 5.75 Å². The van der Waals surface area contributed by atoms with Crippen LogP contribution in [-0.4, -0.2) is 54.8 Å². The molecule has 0 aliphatic rings. The van der Waals surface area contributed by atoms with Crippen molar-refractivity contribution in [2.75, 3.05) is 28.7 Å². The number of carboxylic acids is 1. The summed E-state index contributed by atoms with van der Waals surface area (Å²) in [5.41, 5.74) is 7.40. The van der Waals surface area contributed by atoms with Gasteiger partial charge in [-0.25, -0.2) is 22.6 Å². The fourth-order valence-corrected chi connectivity index (χ4v) is 5.65. The van der Waals surface area contributed by atoms with E-state index in [1.165, 1.54) is 44.3 Å². The number of carbonyl (C=O) groups is 3. The SMILES string of the molecule is CCOc1cccc(C(Nc2cc(F)c3c(N)nccc3c2)C(=O)NCc2cc(NC(C)=O)ccc2S(=O)(=O)CC)c1.O=C(O)C(F)(F)F. The van der Waals surface area contributed by atoms with Gasteiger partial charge in [0.15, 0.2) is 9.84 Å². The van der Waals surface area contributed by atoms with Crippen LogP contribution in [0.4, 0.5) is 34.8 Å². The van der Waals surface area contributed by atoms with Crippen LogP contribution >= 0.6 is 0 Å². The molecular weight excluding hydrogens is 674 g/mol. The Morgan fingerprint density at radius 1 is 1.02 bits per heavy atom. The van der Waals surface area contributed by atoms with Crippen LogP contribution < -0.4 is 26.4 Å². The first-order valence-corrected chi connectivity index (χ1v) is 16.2. The van der Waals surface area contributed by atoms with Crippen molar-refractivity contribution in [1.29, 1.82) is 0 Å². The summed E-state index contributed by atoms with van der Waals surface area (Å²) >= 11 is 0. The number of carbonyl (C=O) groups excluding carboxylic acids is 2. The minimum absolute atomic E-state index is 0.0463. The number of rotatable bonds is 11. The van der Waals surface area contributed by atoms with Gasteiger partial charge in [-0.15, -0.1) is 0 Å². The topological polar surface area (TPSA) is 190 Å². The van der Waals surface area contributed by atoms with Gasteiger partial charge in [-0.3, -0.25) is 9.59 Å². The van der Waals surface area contributed by atoms with E-state index in [4.69, 9.17) is 20.4 Å². The molecule has 12 nitrogen and oxygen atoms in total. The van der Waals surface area contributed by atoms with Crippen LogP contribution in [0, 0.1) is 5.82 Å². The largest absolute Gasteiger partial charge is 0.494 e. The zero-order valence-electron chi connectivity index (χ0n) is 26.4. The van der Waals surface area contributed by atoms with Crippen molar-refractivity contribution >= 4 is 55.6 Å². The van der Waals surface area contributed by atoms with E-state index in [1.54, 1.807) is 36.4 Å². The van der Waals surface area contributed by atoms with Gasteiger partial charge in [0.25, 0.3) is 0 Å². The summed E-state index contributed by atoms with van der Waals surface area (Å²) in [5.74, 6) is -3.75. The van der Waals surface area contributed by atoms with Crippen LogP contribution in [0.3, 0.4) is 0 Å². The molecule has 0 fully saturated rings. The molecule has 4 aromatic rings. The van der Waals surface area contributed by atoms with Crippen LogP contribution in [0.1, 0.15) is 37.9 Å². The highest BCUT2D eigenvalue weighted by Gasteiger charge is 2.38. The molecule has 0 radical (unpaired) electrons. The zero-order chi connectivity index (χ0) is 36.5. The Morgan fingerprint density at radius 3 is 2.33 bits per heavy atom. The Labute approximate surface area is 278 Å². The van der Waals surface area contributed by atoms with E-state index < -0.39 is 39.7 Å². The Bertz CT molecular complexity index is 1960. The van der Waals surface area contributed by atoms with Gasteiger partial charge in [0, 0.05) is 31.0 Å². The summed E-state index contributed by atoms with van der Waals surface area (Å²) in [6.45, 7) is 4.96. The lowest BCUT2D eigenvalue weighted by Crippen LogP contribution is -2.33. The molecule has 0 spiro atoms. The molecule has 1 unspecified atom stereocenters. The molecule has 6 N–H and O–H groups in total. The number of alkyl halides is 3. The number of aliphatic carboxylic acids is 1. The van der Waals surface area contributed by atoms with Gasteiger partial charge in [0.05, 0.1) is 22.6 Å². The Hall–Kier alpha value is -5.45. The molecule has 2 amide bonds. The molecule has 262 valence electrons. The fraction of sp³-hybridized carbons (Fsp3) is 0.250. The van der Waals surface area contributed by atoms with E-state index in [2.05, 4.69) is 20.9 Å². The van der Waals surface area contributed by atoms with E-state index >= 15 is 4.39 Å². The van der Waals surface area contributed by atoms with E-state index in [9.17, 15) is 31.2 Å². The molecular formula is C32H33F4N5O7S. The smallest absolute Gasteiger partial charge is 0.490 e. The lowest BCUT2D eigenvalue weighted by Gasteiger charge is -2.22. The van der Waals surface area contributed by atoms with Crippen LogP contribution in [0.2, 0.25) is 0 Å². The molecule has 17 heteroatoms. The summed E-state index contributed by atoms with van der Waals surface area (Å²) < 4.78 is 78.0. The average Bonchev–Trinajstić information content (AvgIpc) is 3.02. The molecule has 0 bridgehead atoms. The lowest BCUT2D eigenvalue weighted by atomic mass is 10.0. The summed E-state index contributed by atoms with van der Waals surface area (Å²) in [7, 11) is -3.64. The number of aromatic nitrogens is 1. The Morgan fingerprint density at radius 2 is 1.71 bits per heavy atom. The summed E-state index contributed by atoms with van der Waals surface area (Å²) in [5, 5.41) is 16.3. The number of benzene rings is 3. The number of halogens is 4. The van der Waals surface area contributed by atoms with Crippen molar-refractivity contribution in [3.8, 4) is 5.75 Å². The molecule has 0 saturated heterocycles. The summed E-state index contributed by atoms with van der Waals surface area (Å²) in [6.07, 6.45) is -3.62. The summed E-state index contributed by atoms with van der Waals surface area (Å²) in [6, 6.07) is 14.8. The number of nitrogens with one attached hydrogen (secondary N) is 3. The molecule has 1 atom stereocenters. The minimum Gasteiger partial charge on any atom is -0.494 e. The van der Waals surface area contributed by atoms with E-state index in [1.807, 2.05) is 6.92 Å². The van der Waals surface area contributed by atoms with Gasteiger partial charge in [0.2, 0.25) is 11.8 Å². The number of hydrogen-bond donors (Lipinski definition) is 5. The molecule has 0 saturated carbocycles. The molecule has 3 aromatic carbocycles. The second kappa shape index (κ2) is 16.1. The van der Waals surface area contributed by atoms with Crippen molar-refractivity contribution in [2.45, 2.75) is 44.4 Å². The van der Waals surface area contributed by atoms with Crippen molar-refractivity contribution in [2.24, 2.45) is 0 Å². The number of nitrogens with two attached hydrogens (primary N) is 1. The normalized spacial score (nSPS) is 11.9. The Balaban J connectivity index is 0.000000838. The van der Waals surface area contributed by atoms with Gasteiger partial charge in [0.1, 0.15) is 23.4 Å². The number of nitrogens with zero attached hydrogens (tertiary/aromatic N) is 1. The van der Waals surface area contributed by atoms with Gasteiger partial charge in [-0.1, -0.05) is 19.1 Å². The number of fused-ring (bicyclic) bond motifs is 1. The van der Waals surface area contributed by atoms with Gasteiger partial charge < -0.3 is 31.5 Å². The number of ether oxygens (including phenoxy) is 1. The first-order valence-electron chi connectivity index (χ1n) is 14.5. The second-order valence-corrected chi connectivity index (χ2v) is 12.5. The zero-order valence-corrected chi connectivity index (χ0v) is 27.2. The number of hydrogen-bond acceptors (Lipinski definition) is 9. The monoisotopic (exact) mass is 707 g/mol. The standard InChI is InChI=1S/C30H32FN5O5S.C2HF3O2/c1-4-41-24-8-6-7-20(15-24)28(36-23-13-19-11-12-33-29(32)27(19)25(31)16-23)30(38)34-17-21-14-22(35-18(3)37)9-10-26(21)42(39,40)5-2;3-2(4,5)1(6)7/h6-16,28,36H,4-5,17H2,1-3H3,(H2,32,33)(H,34,38)(H,35,37);(H,6,7). The molecule has 0 aliphatic carbocycles. The van der Waals surface area contributed by atoms with Crippen molar-refractivity contribution in [3.63, 3.8) is 0 Å². The number of anilines is 3. The lowest BCUT2D eigenvalue weighted by molar-refractivity contribution is -0.192. The van der Waals surface area contributed by atoms with Gasteiger partial charge in [-0.05, 0) is 72.0 Å². The maximum absolute atomic E-state index is 15.0. The highest BCUT2D eigenvalue weighted by Crippen LogP contribution is 2.30. The third-order valence-corrected chi connectivity index (χ3v) is 8.54. The molecule has 1 heterocycles. The van der Waals surface area contributed by atoms with Crippen molar-refractivity contribution < 1.29 is 50.2 Å². The van der Waals surface area contributed by atoms with E-state index in [0.717, 1.165) is 0 Å². The summed E-state index contributed by atoms with van der Waals surface area (Å²) in [4.78, 5) is 38.2. The fourth-order valence-electron chi connectivity index (χ4n) is 4.53. The third-order valence-electron chi connectivity index (χ3n) is 6.71. The number of pyridine rings is 1. The van der Waals surface area contributed by atoms with E-state index in [0.29, 0.717) is 40.2 Å². The minimum atomic E-state index is -5.08. The number of amides is 2. The quantitative estimate of drug-likeness (QED) is 0.129. The average molecular weight is 708 g/mol. The predicted octanol–water partition coefficient (Wildman–Crippen LogP) is 5.21. The Kier molecular flexibility index (Phi) is 12.5. The molecule has 0 aliphatic heterocycles. The molecule has 1 aromatic heterocycles. The maximum atomic E-state index is 15.0. The van der Waals surface area contributed by atoms with Crippen molar-refractivity contribution in [3.05, 3.63) is 83.8 Å². The predicted molar refractivity (Wildman–Crippen MR) is 174 cm³/mol. The van der Waals surface area contributed by atoms with Crippen LogP contribution in [-0.2, 0) is 30.8 Å². The maximum Gasteiger partial charge on any atom is 0.490 e. The number of sulfone groups is 1. The van der Waals surface area contributed by atoms with Gasteiger partial charge >= 0.3 is 12.1 Å².